The Kier molecular flexibility index (Phi) is 5.55. The van der Waals surface area contributed by atoms with E-state index in [1.54, 1.807) is 24.9 Å². The molecule has 0 fully saturated rings. The fourth-order valence-corrected chi connectivity index (χ4v) is 6.23. The Morgan fingerprint density at radius 2 is 1.33 bits per heavy atom. The molecule has 214 valence electrons. The summed E-state index contributed by atoms with van der Waals surface area (Å²) in [5.41, 5.74) is 9.90. The highest BCUT2D eigenvalue weighted by atomic mass is 16.3. The number of benzene rings is 4. The second-order valence-electron chi connectivity index (χ2n) is 10.9. The number of hydrogen-bond acceptors (Lipinski definition) is 6. The number of imidazole rings is 1. The highest BCUT2D eigenvalue weighted by Crippen LogP contribution is 2.38. The molecule has 0 amide bonds. The number of hydrogen-bond donors (Lipinski definition) is 0. The Morgan fingerprint density at radius 3 is 2.09 bits per heavy atom. The number of pyridine rings is 1. The van der Waals surface area contributed by atoms with E-state index in [0.29, 0.717) is 11.8 Å². The molecule has 8 nitrogen and oxygen atoms in total. The second kappa shape index (κ2) is 9.89. The van der Waals surface area contributed by atoms with Gasteiger partial charge >= 0.3 is 0 Å². The molecule has 0 saturated carbocycles. The third-order valence-electron chi connectivity index (χ3n) is 8.33. The van der Waals surface area contributed by atoms with Crippen molar-refractivity contribution in [3.05, 3.63) is 128 Å². The molecular formula is C37H24N6O2. The Balaban J connectivity index is 1.26. The molecule has 0 unspecified atom stereocenters. The van der Waals surface area contributed by atoms with Crippen molar-refractivity contribution in [1.29, 1.82) is 0 Å². The average Bonchev–Trinajstić information content (AvgIpc) is 3.91. The van der Waals surface area contributed by atoms with Gasteiger partial charge in [-0.3, -0.25) is 4.98 Å². The van der Waals surface area contributed by atoms with Crippen molar-refractivity contribution in [2.75, 3.05) is 0 Å². The SMILES string of the molecule is Cn1c(-c2ccc3c4cc(-c5ncco5)ccc4n(-c4cccc(-c5ccccn5)c4)c3c2)nc2cc(-c3ncco3)ccc21. The van der Waals surface area contributed by atoms with Gasteiger partial charge in [-0.15, -0.1) is 0 Å². The predicted octanol–water partition coefficient (Wildman–Crippen LogP) is 8.71. The Morgan fingerprint density at radius 1 is 0.556 bits per heavy atom. The highest BCUT2D eigenvalue weighted by molar-refractivity contribution is 6.11. The molecule has 45 heavy (non-hydrogen) atoms. The van der Waals surface area contributed by atoms with Crippen LogP contribution in [0.2, 0.25) is 0 Å². The van der Waals surface area contributed by atoms with Crippen LogP contribution in [0.3, 0.4) is 0 Å². The van der Waals surface area contributed by atoms with Gasteiger partial charge in [0.2, 0.25) is 11.8 Å². The molecule has 0 aliphatic rings. The van der Waals surface area contributed by atoms with E-state index in [1.807, 2.05) is 43.6 Å². The monoisotopic (exact) mass is 584 g/mol. The van der Waals surface area contributed by atoms with E-state index < -0.39 is 0 Å². The normalized spacial score (nSPS) is 11.7. The minimum atomic E-state index is 0.576. The van der Waals surface area contributed by atoms with E-state index in [1.165, 1.54) is 0 Å². The van der Waals surface area contributed by atoms with Crippen LogP contribution in [-0.4, -0.2) is 29.1 Å². The molecule has 0 N–H and O–H groups in total. The maximum atomic E-state index is 5.64. The summed E-state index contributed by atoms with van der Waals surface area (Å²) in [6, 6.07) is 33.5. The zero-order chi connectivity index (χ0) is 29.9. The van der Waals surface area contributed by atoms with Crippen molar-refractivity contribution < 1.29 is 8.83 Å². The molecule has 5 aromatic heterocycles. The molecule has 0 saturated heterocycles. The van der Waals surface area contributed by atoms with Crippen LogP contribution in [0.1, 0.15) is 0 Å². The number of rotatable bonds is 5. The molecule has 8 heteroatoms. The molecule has 0 aliphatic carbocycles. The molecule has 0 aliphatic heterocycles. The van der Waals surface area contributed by atoms with Gasteiger partial charge in [0.1, 0.15) is 18.4 Å². The highest BCUT2D eigenvalue weighted by Gasteiger charge is 2.18. The average molecular weight is 585 g/mol. The first kappa shape index (κ1) is 25.2. The summed E-state index contributed by atoms with van der Waals surface area (Å²) in [6.45, 7) is 0. The van der Waals surface area contributed by atoms with E-state index in [0.717, 1.165) is 72.3 Å². The third-order valence-corrected chi connectivity index (χ3v) is 8.33. The van der Waals surface area contributed by atoms with Crippen LogP contribution in [-0.2, 0) is 7.05 Å². The van der Waals surface area contributed by atoms with Crippen molar-refractivity contribution in [2.45, 2.75) is 0 Å². The molecule has 0 radical (unpaired) electrons. The van der Waals surface area contributed by atoms with Crippen LogP contribution in [0.4, 0.5) is 0 Å². The van der Waals surface area contributed by atoms with E-state index in [2.05, 4.69) is 90.8 Å². The quantitative estimate of drug-likeness (QED) is 0.201. The van der Waals surface area contributed by atoms with Crippen molar-refractivity contribution in [1.82, 2.24) is 29.1 Å². The van der Waals surface area contributed by atoms with Gasteiger partial charge in [0, 0.05) is 52.0 Å². The van der Waals surface area contributed by atoms with Gasteiger partial charge in [-0.05, 0) is 66.7 Å². The van der Waals surface area contributed by atoms with Gasteiger partial charge in [-0.2, -0.15) is 0 Å². The maximum absolute atomic E-state index is 5.64. The second-order valence-corrected chi connectivity index (χ2v) is 10.9. The van der Waals surface area contributed by atoms with Crippen LogP contribution < -0.4 is 0 Å². The third kappa shape index (κ3) is 4.07. The maximum Gasteiger partial charge on any atom is 0.225 e. The van der Waals surface area contributed by atoms with E-state index in [-0.39, 0.29) is 0 Å². The molecular weight excluding hydrogens is 560 g/mol. The minimum Gasteiger partial charge on any atom is -0.445 e. The molecule has 9 rings (SSSR count). The number of aryl methyl sites for hydroxylation is 1. The molecule has 0 bridgehead atoms. The number of aromatic nitrogens is 6. The molecule has 4 aromatic carbocycles. The van der Waals surface area contributed by atoms with Crippen LogP contribution in [0, 0.1) is 0 Å². The summed E-state index contributed by atoms with van der Waals surface area (Å²) in [5, 5.41) is 2.23. The van der Waals surface area contributed by atoms with Gasteiger partial charge in [0.25, 0.3) is 0 Å². The summed E-state index contributed by atoms with van der Waals surface area (Å²) in [6.07, 6.45) is 8.33. The topological polar surface area (TPSA) is 87.7 Å². The fourth-order valence-electron chi connectivity index (χ4n) is 6.23. The first-order valence-corrected chi connectivity index (χ1v) is 14.6. The van der Waals surface area contributed by atoms with Crippen molar-refractivity contribution >= 4 is 32.8 Å². The van der Waals surface area contributed by atoms with E-state index in [4.69, 9.17) is 13.8 Å². The summed E-state index contributed by atoms with van der Waals surface area (Å²) in [7, 11) is 2.05. The number of oxazole rings is 2. The first-order valence-electron chi connectivity index (χ1n) is 14.6. The molecule has 0 atom stereocenters. The minimum absolute atomic E-state index is 0.576. The lowest BCUT2D eigenvalue weighted by Crippen LogP contribution is -1.96. The van der Waals surface area contributed by atoms with Crippen molar-refractivity contribution in [2.24, 2.45) is 7.05 Å². The lowest BCUT2D eigenvalue weighted by atomic mass is 10.1. The number of nitrogens with zero attached hydrogens (tertiary/aromatic N) is 6. The standard InChI is InChI=1S/C37H24N6O2/c1-42-33-13-10-26(37-40-16-18-45-37)21-31(33)41-35(42)24-8-11-28-29-20-25(36-39-15-17-44-36)9-12-32(29)43(34(28)22-24)27-6-4-5-23(19-27)30-7-2-3-14-38-30/h2-22H,1H3. The summed E-state index contributed by atoms with van der Waals surface area (Å²) in [4.78, 5) is 18.4. The molecule has 5 heterocycles. The summed E-state index contributed by atoms with van der Waals surface area (Å²) in [5.74, 6) is 2.04. The molecule has 0 spiro atoms. The van der Waals surface area contributed by atoms with E-state index >= 15 is 0 Å². The van der Waals surface area contributed by atoms with Gasteiger partial charge < -0.3 is 18.0 Å². The van der Waals surface area contributed by atoms with Crippen molar-refractivity contribution in [3.63, 3.8) is 0 Å². The fraction of sp³-hybridized carbons (Fsp3) is 0.0270. The Bertz CT molecular complexity index is 2490. The van der Waals surface area contributed by atoms with Gasteiger partial charge in [0.05, 0.1) is 40.2 Å². The summed E-state index contributed by atoms with van der Waals surface area (Å²) < 4.78 is 15.6. The van der Waals surface area contributed by atoms with Crippen LogP contribution >= 0.6 is 0 Å². The zero-order valence-electron chi connectivity index (χ0n) is 24.1. The summed E-state index contributed by atoms with van der Waals surface area (Å²) >= 11 is 0. The lowest BCUT2D eigenvalue weighted by Gasteiger charge is -2.11. The van der Waals surface area contributed by atoms with Gasteiger partial charge in [-0.25, -0.2) is 15.0 Å². The Labute approximate surface area is 256 Å². The van der Waals surface area contributed by atoms with Crippen LogP contribution in [0.25, 0.3) is 84.1 Å². The largest absolute Gasteiger partial charge is 0.445 e. The number of fused-ring (bicyclic) bond motifs is 4. The van der Waals surface area contributed by atoms with E-state index in [9.17, 15) is 0 Å². The smallest absolute Gasteiger partial charge is 0.225 e. The first-order chi connectivity index (χ1) is 22.2. The van der Waals surface area contributed by atoms with Gasteiger partial charge in [0.15, 0.2) is 0 Å². The van der Waals surface area contributed by atoms with Gasteiger partial charge in [-0.1, -0.05) is 30.3 Å². The van der Waals surface area contributed by atoms with Crippen molar-refractivity contribution in [3.8, 4) is 51.2 Å². The zero-order valence-corrected chi connectivity index (χ0v) is 24.1. The lowest BCUT2D eigenvalue weighted by molar-refractivity contribution is 0.574. The predicted molar refractivity (Wildman–Crippen MR) is 175 cm³/mol. The van der Waals surface area contributed by atoms with Crippen LogP contribution in [0.5, 0.6) is 0 Å². The Hall–Kier alpha value is -6.28. The van der Waals surface area contributed by atoms with Crippen LogP contribution in [0.15, 0.2) is 137 Å². The molecule has 9 aromatic rings.